The molecule has 2 heterocycles. The number of amides is 2. The summed E-state index contributed by atoms with van der Waals surface area (Å²) < 4.78 is 5.65. The third-order valence-electron chi connectivity index (χ3n) is 5.82. The van der Waals surface area contributed by atoms with Gasteiger partial charge in [0, 0.05) is 45.7 Å². The Bertz CT molecular complexity index is 882. The molecular weight excluding hydrogens is 368 g/mol. The van der Waals surface area contributed by atoms with E-state index < -0.39 is 0 Å². The first-order chi connectivity index (χ1) is 14.0. The van der Waals surface area contributed by atoms with E-state index in [1.54, 1.807) is 16.7 Å². The van der Waals surface area contributed by atoms with Crippen LogP contribution in [-0.2, 0) is 17.9 Å². The lowest BCUT2D eigenvalue weighted by Crippen LogP contribution is -2.50. The number of hydrogen-bond acceptors (Lipinski definition) is 5. The maximum Gasteiger partial charge on any atom is 0.275 e. The fourth-order valence-corrected chi connectivity index (χ4v) is 3.80. The van der Waals surface area contributed by atoms with Crippen LogP contribution in [0.2, 0.25) is 0 Å². The van der Waals surface area contributed by atoms with Gasteiger partial charge < -0.3 is 14.2 Å². The Morgan fingerprint density at radius 1 is 1.10 bits per heavy atom. The Kier molecular flexibility index (Phi) is 5.67. The minimum absolute atomic E-state index is 0.0506. The van der Waals surface area contributed by atoms with Crippen molar-refractivity contribution in [2.75, 3.05) is 26.2 Å². The fraction of sp³-hybridized carbons (Fsp3) is 0.500. The molecule has 0 radical (unpaired) electrons. The molecule has 7 nitrogen and oxygen atoms in total. The van der Waals surface area contributed by atoms with E-state index in [2.05, 4.69) is 41.1 Å². The summed E-state index contributed by atoms with van der Waals surface area (Å²) in [5.41, 5.74) is 2.94. The molecule has 1 saturated heterocycles. The molecule has 0 spiro atoms. The second-order valence-electron chi connectivity index (χ2n) is 7.99. The summed E-state index contributed by atoms with van der Waals surface area (Å²) in [7, 11) is 0. The molecule has 2 amide bonds. The van der Waals surface area contributed by atoms with E-state index in [9.17, 15) is 9.59 Å². The van der Waals surface area contributed by atoms with Crippen molar-refractivity contribution in [2.24, 2.45) is 0 Å². The summed E-state index contributed by atoms with van der Waals surface area (Å²) in [5.74, 6) is 0.505. The van der Waals surface area contributed by atoms with Gasteiger partial charge in [0.1, 0.15) is 6.26 Å². The van der Waals surface area contributed by atoms with E-state index in [1.165, 1.54) is 30.2 Å². The van der Waals surface area contributed by atoms with Crippen LogP contribution < -0.4 is 0 Å². The van der Waals surface area contributed by atoms with E-state index in [1.807, 2.05) is 0 Å². The van der Waals surface area contributed by atoms with Gasteiger partial charge in [-0.2, -0.15) is 0 Å². The zero-order valence-corrected chi connectivity index (χ0v) is 17.1. The van der Waals surface area contributed by atoms with Crippen molar-refractivity contribution in [3.05, 3.63) is 53.2 Å². The van der Waals surface area contributed by atoms with Crippen molar-refractivity contribution in [1.29, 1.82) is 0 Å². The first kappa shape index (κ1) is 19.6. The summed E-state index contributed by atoms with van der Waals surface area (Å²) in [5, 5.41) is 0. The Morgan fingerprint density at radius 2 is 1.79 bits per heavy atom. The van der Waals surface area contributed by atoms with Crippen LogP contribution in [0.4, 0.5) is 0 Å². The predicted molar refractivity (Wildman–Crippen MR) is 108 cm³/mol. The van der Waals surface area contributed by atoms with Gasteiger partial charge in [0.15, 0.2) is 5.69 Å². The molecule has 2 fully saturated rings. The van der Waals surface area contributed by atoms with Crippen LogP contribution >= 0.6 is 0 Å². The van der Waals surface area contributed by atoms with Gasteiger partial charge in [0.2, 0.25) is 11.8 Å². The van der Waals surface area contributed by atoms with Crippen LogP contribution in [0.5, 0.6) is 0 Å². The van der Waals surface area contributed by atoms with Crippen LogP contribution in [0.25, 0.3) is 0 Å². The second-order valence-corrected chi connectivity index (χ2v) is 7.99. The smallest absolute Gasteiger partial charge is 0.275 e. The highest BCUT2D eigenvalue weighted by atomic mass is 16.3. The number of carbonyl (C=O) groups excluding carboxylic acids is 2. The normalized spacial score (nSPS) is 17.1. The van der Waals surface area contributed by atoms with E-state index in [4.69, 9.17) is 4.42 Å². The number of nitrogens with zero attached hydrogens (tertiary/aromatic N) is 4. The summed E-state index contributed by atoms with van der Waals surface area (Å²) >= 11 is 0. The fourth-order valence-electron chi connectivity index (χ4n) is 3.80. The van der Waals surface area contributed by atoms with Gasteiger partial charge in [-0.1, -0.05) is 24.3 Å². The summed E-state index contributed by atoms with van der Waals surface area (Å²) in [6.45, 7) is 7.35. The number of rotatable bonds is 6. The van der Waals surface area contributed by atoms with Gasteiger partial charge >= 0.3 is 0 Å². The van der Waals surface area contributed by atoms with Crippen molar-refractivity contribution in [2.45, 2.75) is 45.8 Å². The molecule has 1 saturated carbocycles. The molecule has 1 aromatic carbocycles. The standard InChI is InChI=1S/C22H28N4O3/c1-16-5-3-4-6-18(16)13-26(19-7-8-19)14-21-23-20(15-29-21)22(28)25-11-9-24(10-12-25)17(2)27/h3-6,15,19H,7-14H2,1-2H3. The molecule has 0 unspecified atom stereocenters. The molecular formula is C22H28N4O3. The number of benzene rings is 1. The summed E-state index contributed by atoms with van der Waals surface area (Å²) in [6, 6.07) is 8.98. The molecule has 154 valence electrons. The minimum Gasteiger partial charge on any atom is -0.447 e. The Labute approximate surface area is 171 Å². The van der Waals surface area contributed by atoms with Crippen LogP contribution in [-0.4, -0.2) is 63.7 Å². The molecule has 1 aromatic heterocycles. The molecule has 2 aromatic rings. The largest absolute Gasteiger partial charge is 0.447 e. The van der Waals surface area contributed by atoms with Gasteiger partial charge in [-0.05, 0) is 30.9 Å². The molecule has 0 N–H and O–H groups in total. The molecule has 29 heavy (non-hydrogen) atoms. The predicted octanol–water partition coefficient (Wildman–Crippen LogP) is 2.45. The monoisotopic (exact) mass is 396 g/mol. The Morgan fingerprint density at radius 3 is 2.45 bits per heavy atom. The maximum absolute atomic E-state index is 12.7. The van der Waals surface area contributed by atoms with Crippen molar-refractivity contribution in [1.82, 2.24) is 19.7 Å². The van der Waals surface area contributed by atoms with Crippen molar-refractivity contribution >= 4 is 11.8 Å². The molecule has 0 atom stereocenters. The first-order valence-electron chi connectivity index (χ1n) is 10.3. The highest BCUT2D eigenvalue weighted by Crippen LogP contribution is 2.30. The first-order valence-corrected chi connectivity index (χ1v) is 10.3. The quantitative estimate of drug-likeness (QED) is 0.750. The minimum atomic E-state index is -0.125. The zero-order valence-electron chi connectivity index (χ0n) is 17.1. The molecule has 4 rings (SSSR count). The molecule has 1 aliphatic heterocycles. The van der Waals surface area contributed by atoms with Crippen LogP contribution in [0, 0.1) is 6.92 Å². The number of hydrogen-bond donors (Lipinski definition) is 0. The SMILES string of the molecule is CC(=O)N1CCN(C(=O)c2coc(CN(Cc3ccccc3C)C3CC3)n2)CC1. The molecule has 2 aliphatic rings. The van der Waals surface area contributed by atoms with Crippen molar-refractivity contribution in [3.8, 4) is 0 Å². The maximum atomic E-state index is 12.7. The van der Waals surface area contributed by atoms with Crippen molar-refractivity contribution in [3.63, 3.8) is 0 Å². The topological polar surface area (TPSA) is 69.9 Å². The van der Waals surface area contributed by atoms with Crippen LogP contribution in [0.3, 0.4) is 0 Å². The molecule has 7 heteroatoms. The van der Waals surface area contributed by atoms with Gasteiger partial charge in [0.25, 0.3) is 5.91 Å². The van der Waals surface area contributed by atoms with Crippen LogP contribution in [0.15, 0.2) is 34.9 Å². The highest BCUT2D eigenvalue weighted by molar-refractivity contribution is 5.92. The number of aryl methyl sites for hydroxylation is 1. The number of aromatic nitrogens is 1. The molecule has 1 aliphatic carbocycles. The lowest BCUT2D eigenvalue weighted by Gasteiger charge is -2.33. The average Bonchev–Trinajstić information content (AvgIpc) is 3.47. The Balaban J connectivity index is 1.38. The average molecular weight is 396 g/mol. The van der Waals surface area contributed by atoms with E-state index in [0.29, 0.717) is 50.4 Å². The van der Waals surface area contributed by atoms with Crippen LogP contribution in [0.1, 0.15) is 47.3 Å². The number of carbonyl (C=O) groups is 2. The number of oxazole rings is 1. The lowest BCUT2D eigenvalue weighted by molar-refractivity contribution is -0.130. The number of piperazine rings is 1. The summed E-state index contributed by atoms with van der Waals surface area (Å²) in [6.07, 6.45) is 3.85. The zero-order chi connectivity index (χ0) is 20.4. The van der Waals surface area contributed by atoms with E-state index in [0.717, 1.165) is 6.54 Å². The van der Waals surface area contributed by atoms with Gasteiger partial charge in [-0.3, -0.25) is 14.5 Å². The van der Waals surface area contributed by atoms with E-state index in [-0.39, 0.29) is 11.8 Å². The van der Waals surface area contributed by atoms with Crippen molar-refractivity contribution < 1.29 is 14.0 Å². The third kappa shape index (κ3) is 4.67. The Hall–Kier alpha value is -2.67. The highest BCUT2D eigenvalue weighted by Gasteiger charge is 2.31. The van der Waals surface area contributed by atoms with Gasteiger partial charge in [0.05, 0.1) is 6.54 Å². The summed E-state index contributed by atoms with van der Waals surface area (Å²) in [4.78, 5) is 34.6. The van der Waals surface area contributed by atoms with E-state index >= 15 is 0 Å². The van der Waals surface area contributed by atoms with Gasteiger partial charge in [-0.25, -0.2) is 4.98 Å². The lowest BCUT2D eigenvalue weighted by atomic mass is 10.1. The molecule has 0 bridgehead atoms. The third-order valence-corrected chi connectivity index (χ3v) is 5.82. The van der Waals surface area contributed by atoms with Gasteiger partial charge in [-0.15, -0.1) is 0 Å². The second kappa shape index (κ2) is 8.37.